The zero-order valence-corrected chi connectivity index (χ0v) is 16.9. The Bertz CT molecular complexity index is 907. The second kappa shape index (κ2) is 7.26. The van der Waals surface area contributed by atoms with Gasteiger partial charge in [-0.25, -0.2) is 0 Å². The third kappa shape index (κ3) is 3.90. The molecule has 1 unspecified atom stereocenters. The highest BCUT2D eigenvalue weighted by Crippen LogP contribution is 2.69. The Morgan fingerprint density at radius 3 is 2.24 bits per heavy atom. The molecule has 2 aromatic carbocycles. The Morgan fingerprint density at radius 1 is 1.07 bits per heavy atom. The van der Waals surface area contributed by atoms with Crippen LogP contribution in [0.1, 0.15) is 24.8 Å². The minimum atomic E-state index is -0.730. The monoisotopic (exact) mass is 414 g/mol. The lowest BCUT2D eigenvalue weighted by molar-refractivity contribution is -0.208. The maximum absolute atomic E-state index is 12.3. The van der Waals surface area contributed by atoms with Gasteiger partial charge in [-0.05, 0) is 62.6 Å². The summed E-state index contributed by atoms with van der Waals surface area (Å²) in [5.74, 6) is 0.535. The van der Waals surface area contributed by atoms with Crippen molar-refractivity contribution >= 4 is 23.4 Å². The maximum atomic E-state index is 12.3. The number of halogens is 1. The lowest BCUT2D eigenvalue weighted by Crippen LogP contribution is -2.80. The molecular weight excluding hydrogens is 392 g/mol. The van der Waals surface area contributed by atoms with Gasteiger partial charge in [0.25, 0.3) is 11.8 Å². The lowest BCUT2D eigenvalue weighted by Gasteiger charge is -2.71. The second-order valence-electron chi connectivity index (χ2n) is 8.18. The van der Waals surface area contributed by atoms with E-state index >= 15 is 0 Å². The number of rotatable bonds is 8. The van der Waals surface area contributed by atoms with E-state index in [4.69, 9.17) is 26.8 Å². The summed E-state index contributed by atoms with van der Waals surface area (Å²) in [6, 6.07) is 14.4. The number of hydrogen-bond acceptors (Lipinski definition) is 4. The van der Waals surface area contributed by atoms with Gasteiger partial charge < -0.3 is 20.5 Å². The standard InChI is InChI=1S/C22H23ClN2O4/c1-14-2-6-16(7-3-14)28-10-18(26)25-22-11-21(12-22,13-22)19(20(24)27)29-17-8-4-15(23)5-9-17/h2-9,19H,10-13H2,1H3,(H2,24,27)(H,25,26). The fraction of sp³-hybridized carbons (Fsp3) is 0.364. The van der Waals surface area contributed by atoms with Crippen LogP contribution in [0.4, 0.5) is 0 Å². The molecule has 3 aliphatic rings. The fourth-order valence-electron chi connectivity index (χ4n) is 4.53. The Hall–Kier alpha value is -2.73. The topological polar surface area (TPSA) is 90.7 Å². The number of ether oxygens (including phenoxy) is 2. The van der Waals surface area contributed by atoms with E-state index in [-0.39, 0.29) is 23.5 Å². The molecule has 0 spiro atoms. The maximum Gasteiger partial charge on any atom is 0.259 e. The Balaban J connectivity index is 1.30. The molecule has 3 fully saturated rings. The van der Waals surface area contributed by atoms with Crippen molar-refractivity contribution in [1.29, 1.82) is 0 Å². The molecule has 29 heavy (non-hydrogen) atoms. The molecule has 1 atom stereocenters. The SMILES string of the molecule is Cc1ccc(OCC(=O)NC23CC(C(Oc4ccc(Cl)cc4)C(N)=O)(C2)C3)cc1. The summed E-state index contributed by atoms with van der Waals surface area (Å²) in [7, 11) is 0. The normalized spacial score (nSPS) is 25.2. The highest BCUT2D eigenvalue weighted by Gasteiger charge is 2.73. The average Bonchev–Trinajstić information content (AvgIpc) is 2.63. The summed E-state index contributed by atoms with van der Waals surface area (Å²) in [6.45, 7) is 1.95. The largest absolute Gasteiger partial charge is 0.484 e. The van der Waals surface area contributed by atoms with Gasteiger partial charge in [-0.2, -0.15) is 0 Å². The van der Waals surface area contributed by atoms with Crippen LogP contribution in [0.2, 0.25) is 5.02 Å². The Morgan fingerprint density at radius 2 is 1.66 bits per heavy atom. The number of amides is 2. The predicted molar refractivity (Wildman–Crippen MR) is 109 cm³/mol. The van der Waals surface area contributed by atoms with Gasteiger partial charge in [-0.15, -0.1) is 0 Å². The van der Waals surface area contributed by atoms with Gasteiger partial charge >= 0.3 is 0 Å². The first-order chi connectivity index (χ1) is 13.8. The smallest absolute Gasteiger partial charge is 0.259 e. The van der Waals surface area contributed by atoms with Crippen LogP contribution in [-0.4, -0.2) is 30.1 Å². The second-order valence-corrected chi connectivity index (χ2v) is 8.61. The van der Waals surface area contributed by atoms with Gasteiger partial charge in [-0.1, -0.05) is 29.3 Å². The highest BCUT2D eigenvalue weighted by molar-refractivity contribution is 6.30. The molecule has 3 N–H and O–H groups in total. The molecule has 2 amide bonds. The average molecular weight is 415 g/mol. The van der Waals surface area contributed by atoms with E-state index in [0.717, 1.165) is 5.56 Å². The first-order valence-electron chi connectivity index (χ1n) is 9.51. The number of hydrogen-bond donors (Lipinski definition) is 2. The number of nitrogens with two attached hydrogens (primary N) is 1. The Kier molecular flexibility index (Phi) is 4.90. The molecule has 0 saturated heterocycles. The van der Waals surface area contributed by atoms with Crippen LogP contribution in [0.5, 0.6) is 11.5 Å². The van der Waals surface area contributed by atoms with E-state index in [1.165, 1.54) is 0 Å². The summed E-state index contributed by atoms with van der Waals surface area (Å²) < 4.78 is 11.4. The van der Waals surface area contributed by atoms with Gasteiger partial charge in [0.1, 0.15) is 11.5 Å². The summed E-state index contributed by atoms with van der Waals surface area (Å²) in [5, 5.41) is 3.63. The molecule has 7 heteroatoms. The van der Waals surface area contributed by atoms with Crippen LogP contribution in [0.25, 0.3) is 0 Å². The van der Waals surface area contributed by atoms with Crippen molar-refractivity contribution in [3.63, 3.8) is 0 Å². The van der Waals surface area contributed by atoms with E-state index in [1.807, 2.05) is 31.2 Å². The first kappa shape index (κ1) is 19.6. The molecule has 3 aliphatic carbocycles. The van der Waals surface area contributed by atoms with Crippen molar-refractivity contribution in [3.8, 4) is 11.5 Å². The van der Waals surface area contributed by atoms with Gasteiger partial charge in [0.05, 0.1) is 0 Å². The zero-order chi connectivity index (χ0) is 20.6. The van der Waals surface area contributed by atoms with Crippen molar-refractivity contribution in [2.24, 2.45) is 11.1 Å². The molecule has 2 aromatic rings. The Labute approximate surface area is 174 Å². The summed E-state index contributed by atoms with van der Waals surface area (Å²) in [6.07, 6.45) is 1.26. The highest BCUT2D eigenvalue weighted by atomic mass is 35.5. The molecule has 3 saturated carbocycles. The molecule has 6 nitrogen and oxygen atoms in total. The lowest BCUT2D eigenvalue weighted by atomic mass is 9.37. The summed E-state index contributed by atoms with van der Waals surface area (Å²) >= 11 is 5.89. The molecular formula is C22H23ClN2O4. The van der Waals surface area contributed by atoms with E-state index in [0.29, 0.717) is 35.8 Å². The van der Waals surface area contributed by atoms with Crippen molar-refractivity contribution < 1.29 is 19.1 Å². The first-order valence-corrected chi connectivity index (χ1v) is 9.89. The van der Waals surface area contributed by atoms with Crippen LogP contribution in [0.15, 0.2) is 48.5 Å². The molecule has 0 aliphatic heterocycles. The third-order valence-corrected chi connectivity index (χ3v) is 6.00. The van der Waals surface area contributed by atoms with Crippen molar-refractivity contribution in [3.05, 3.63) is 59.1 Å². The van der Waals surface area contributed by atoms with Gasteiger partial charge in [0.15, 0.2) is 12.7 Å². The van der Waals surface area contributed by atoms with Gasteiger partial charge in [0.2, 0.25) is 0 Å². The third-order valence-electron chi connectivity index (χ3n) is 5.75. The van der Waals surface area contributed by atoms with Crippen LogP contribution in [0.3, 0.4) is 0 Å². The minimum Gasteiger partial charge on any atom is -0.484 e. The molecule has 5 rings (SSSR count). The van der Waals surface area contributed by atoms with Gasteiger partial charge in [-0.3, -0.25) is 9.59 Å². The van der Waals surface area contributed by atoms with Crippen LogP contribution >= 0.6 is 11.6 Å². The van der Waals surface area contributed by atoms with E-state index in [1.54, 1.807) is 24.3 Å². The minimum absolute atomic E-state index is 0.0433. The summed E-state index contributed by atoms with van der Waals surface area (Å²) in [4.78, 5) is 24.3. The van der Waals surface area contributed by atoms with E-state index in [9.17, 15) is 9.59 Å². The molecule has 0 radical (unpaired) electrons. The fourth-order valence-corrected chi connectivity index (χ4v) is 4.65. The number of benzene rings is 2. The van der Waals surface area contributed by atoms with Crippen molar-refractivity contribution in [1.82, 2.24) is 5.32 Å². The molecule has 0 aromatic heterocycles. The molecule has 152 valence electrons. The predicted octanol–water partition coefficient (Wildman–Crippen LogP) is 3.00. The van der Waals surface area contributed by atoms with Crippen molar-refractivity contribution in [2.45, 2.75) is 37.8 Å². The molecule has 2 bridgehead atoms. The number of aryl methyl sites for hydroxylation is 1. The number of carbonyl (C=O) groups excluding carboxylic acids is 2. The van der Waals surface area contributed by atoms with Crippen LogP contribution in [-0.2, 0) is 9.59 Å². The van der Waals surface area contributed by atoms with Crippen LogP contribution < -0.4 is 20.5 Å². The zero-order valence-electron chi connectivity index (χ0n) is 16.1. The van der Waals surface area contributed by atoms with E-state index in [2.05, 4.69) is 5.32 Å². The van der Waals surface area contributed by atoms with E-state index < -0.39 is 12.0 Å². The van der Waals surface area contributed by atoms with Crippen LogP contribution in [0, 0.1) is 12.3 Å². The summed E-state index contributed by atoms with van der Waals surface area (Å²) in [5.41, 5.74) is 6.12. The number of primary amides is 1. The molecule has 0 heterocycles. The number of nitrogens with one attached hydrogen (secondary N) is 1. The quantitative estimate of drug-likeness (QED) is 0.694. The number of carbonyl (C=O) groups is 2. The van der Waals surface area contributed by atoms with Crippen molar-refractivity contribution in [2.75, 3.05) is 6.61 Å². The van der Waals surface area contributed by atoms with Gasteiger partial charge in [0, 0.05) is 16.0 Å².